The Morgan fingerprint density at radius 2 is 1.88 bits per heavy atom. The molecule has 168 valence electrons. The van der Waals surface area contributed by atoms with Gasteiger partial charge < -0.3 is 15.4 Å². The largest absolute Gasteiger partial charge is 0.480 e. The summed E-state index contributed by atoms with van der Waals surface area (Å²) in [5.74, 6) is -1.78. The highest BCUT2D eigenvalue weighted by Gasteiger charge is 2.29. The van der Waals surface area contributed by atoms with Crippen LogP contribution in [-0.4, -0.2) is 53.8 Å². The van der Waals surface area contributed by atoms with Gasteiger partial charge in [0.1, 0.15) is 6.04 Å². The fraction of sp³-hybridized carbons (Fsp3) is 0.304. The van der Waals surface area contributed by atoms with Crippen molar-refractivity contribution in [2.45, 2.75) is 37.1 Å². The Kier molecular flexibility index (Phi) is 6.03. The molecule has 1 fully saturated rings. The highest BCUT2D eigenvalue weighted by molar-refractivity contribution is 7.89. The molecule has 9 heteroatoms. The van der Waals surface area contributed by atoms with Crippen LogP contribution in [0, 0.1) is 6.92 Å². The first-order valence-electron chi connectivity index (χ1n) is 10.5. The first-order chi connectivity index (χ1) is 15.3. The average molecular weight is 456 g/mol. The summed E-state index contributed by atoms with van der Waals surface area (Å²) < 4.78 is 27.2. The number of fused-ring (bicyclic) bond motifs is 1. The zero-order chi connectivity index (χ0) is 22.9. The molecule has 2 aromatic carbocycles. The van der Waals surface area contributed by atoms with Gasteiger partial charge in [0.25, 0.3) is 5.91 Å². The Bertz CT molecular complexity index is 1280. The van der Waals surface area contributed by atoms with Gasteiger partial charge in [-0.05, 0) is 49.1 Å². The van der Waals surface area contributed by atoms with Gasteiger partial charge in [-0.2, -0.15) is 4.31 Å². The number of aromatic amines is 1. The third kappa shape index (κ3) is 4.26. The van der Waals surface area contributed by atoms with Gasteiger partial charge in [0.15, 0.2) is 0 Å². The van der Waals surface area contributed by atoms with Gasteiger partial charge in [-0.25, -0.2) is 13.2 Å². The van der Waals surface area contributed by atoms with Gasteiger partial charge in [0.2, 0.25) is 10.0 Å². The van der Waals surface area contributed by atoms with Crippen molar-refractivity contribution in [3.63, 3.8) is 0 Å². The third-order valence-corrected chi connectivity index (χ3v) is 7.75. The minimum atomic E-state index is -3.69. The molecule has 1 aliphatic rings. The summed E-state index contributed by atoms with van der Waals surface area (Å²) >= 11 is 0. The van der Waals surface area contributed by atoms with E-state index in [-0.39, 0.29) is 16.9 Å². The zero-order valence-corrected chi connectivity index (χ0v) is 18.5. The molecule has 0 aliphatic carbocycles. The zero-order valence-electron chi connectivity index (χ0n) is 17.7. The van der Waals surface area contributed by atoms with Gasteiger partial charge >= 0.3 is 5.97 Å². The molecule has 0 spiro atoms. The number of benzene rings is 2. The number of nitrogens with zero attached hydrogens (tertiary/aromatic N) is 1. The quantitative estimate of drug-likeness (QED) is 0.506. The molecule has 3 aromatic rings. The lowest BCUT2D eigenvalue weighted by atomic mass is 10.0. The number of nitrogens with one attached hydrogen (secondary N) is 2. The van der Waals surface area contributed by atoms with Crippen molar-refractivity contribution in [3.05, 3.63) is 65.4 Å². The number of amides is 1. The lowest BCUT2D eigenvalue weighted by Gasteiger charge is -2.18. The number of aliphatic carboxylic acids is 1. The smallest absolute Gasteiger partial charge is 0.326 e. The van der Waals surface area contributed by atoms with Crippen molar-refractivity contribution in [2.24, 2.45) is 0 Å². The van der Waals surface area contributed by atoms with Crippen molar-refractivity contribution in [3.8, 4) is 0 Å². The molecule has 32 heavy (non-hydrogen) atoms. The van der Waals surface area contributed by atoms with Crippen molar-refractivity contribution in [2.75, 3.05) is 13.1 Å². The molecule has 0 bridgehead atoms. The van der Waals surface area contributed by atoms with E-state index in [1.165, 1.54) is 16.4 Å². The summed E-state index contributed by atoms with van der Waals surface area (Å²) in [6, 6.07) is 10.8. The van der Waals surface area contributed by atoms with Gasteiger partial charge in [-0.3, -0.25) is 4.79 Å². The van der Waals surface area contributed by atoms with Crippen LogP contribution < -0.4 is 5.32 Å². The maximum absolute atomic E-state index is 13.0. The number of carbonyl (C=O) groups is 2. The van der Waals surface area contributed by atoms with E-state index in [2.05, 4.69) is 10.3 Å². The highest BCUT2D eigenvalue weighted by atomic mass is 32.2. The minimum Gasteiger partial charge on any atom is -0.480 e. The molecule has 1 aromatic heterocycles. The van der Waals surface area contributed by atoms with Gasteiger partial charge in [-0.15, -0.1) is 0 Å². The van der Waals surface area contributed by atoms with E-state index in [1.807, 2.05) is 24.3 Å². The fourth-order valence-corrected chi connectivity index (χ4v) is 5.58. The number of aryl methyl sites for hydroxylation is 1. The standard InChI is InChI=1S/C23H25N3O5S/c1-15-8-9-17(32(30,31)26-10-4-5-11-26)13-19(15)22(27)25-21(23(28)29)12-16-14-24-20-7-3-2-6-18(16)20/h2-3,6-9,13-14,21,24H,4-5,10-12H2,1H3,(H,25,27)(H,28,29)/t21-/m0/s1. The molecule has 2 heterocycles. The lowest BCUT2D eigenvalue weighted by Crippen LogP contribution is -2.42. The number of rotatable bonds is 7. The van der Waals surface area contributed by atoms with Gasteiger partial charge in [0, 0.05) is 42.2 Å². The normalized spacial score (nSPS) is 15.7. The first kappa shape index (κ1) is 22.0. The molecular formula is C23H25N3O5S. The first-order valence-corrected chi connectivity index (χ1v) is 11.9. The van der Waals surface area contributed by atoms with E-state index in [1.54, 1.807) is 19.2 Å². The molecule has 1 aliphatic heterocycles. The summed E-state index contributed by atoms with van der Waals surface area (Å²) in [4.78, 5) is 28.0. The Balaban J connectivity index is 1.58. The van der Waals surface area contributed by atoms with E-state index in [4.69, 9.17) is 0 Å². The number of para-hydroxylation sites is 1. The molecule has 0 unspecified atom stereocenters. The summed E-state index contributed by atoms with van der Waals surface area (Å²) in [5, 5.41) is 13.2. The topological polar surface area (TPSA) is 120 Å². The summed E-state index contributed by atoms with van der Waals surface area (Å²) in [7, 11) is -3.69. The Labute approximate surface area is 186 Å². The number of aromatic nitrogens is 1. The van der Waals surface area contributed by atoms with Gasteiger partial charge in [-0.1, -0.05) is 24.3 Å². The van der Waals surface area contributed by atoms with Crippen molar-refractivity contribution in [1.29, 1.82) is 0 Å². The van der Waals surface area contributed by atoms with E-state index in [9.17, 15) is 23.1 Å². The minimum absolute atomic E-state index is 0.0404. The SMILES string of the molecule is Cc1ccc(S(=O)(=O)N2CCCC2)cc1C(=O)N[C@@H](Cc1c[nH]c2ccccc12)C(=O)O. The molecule has 1 atom stereocenters. The Morgan fingerprint density at radius 1 is 1.16 bits per heavy atom. The predicted molar refractivity (Wildman–Crippen MR) is 120 cm³/mol. The van der Waals surface area contributed by atoms with Crippen LogP contribution in [0.5, 0.6) is 0 Å². The fourth-order valence-electron chi connectivity index (χ4n) is 4.04. The van der Waals surface area contributed by atoms with Crippen LogP contribution in [-0.2, 0) is 21.2 Å². The van der Waals surface area contributed by atoms with E-state index in [0.717, 1.165) is 29.3 Å². The van der Waals surface area contributed by atoms with Crippen molar-refractivity contribution in [1.82, 2.24) is 14.6 Å². The van der Waals surface area contributed by atoms with Crippen molar-refractivity contribution < 1.29 is 23.1 Å². The molecule has 4 rings (SSSR count). The van der Waals surface area contributed by atoms with Crippen LogP contribution in [0.4, 0.5) is 0 Å². The maximum atomic E-state index is 13.0. The third-order valence-electron chi connectivity index (χ3n) is 5.86. The molecule has 1 saturated heterocycles. The molecule has 8 nitrogen and oxygen atoms in total. The molecule has 3 N–H and O–H groups in total. The number of H-pyrrole nitrogens is 1. The van der Waals surface area contributed by atoms with E-state index in [0.29, 0.717) is 18.7 Å². The van der Waals surface area contributed by atoms with Crippen LogP contribution in [0.2, 0.25) is 0 Å². The van der Waals surface area contributed by atoms with Crippen LogP contribution >= 0.6 is 0 Å². The number of carboxylic acid groups (broad SMARTS) is 1. The van der Waals surface area contributed by atoms with Crippen LogP contribution in [0.15, 0.2) is 53.6 Å². The number of carbonyl (C=O) groups excluding carboxylic acids is 1. The second kappa shape index (κ2) is 8.76. The molecule has 0 radical (unpaired) electrons. The molecular weight excluding hydrogens is 430 g/mol. The average Bonchev–Trinajstić information content (AvgIpc) is 3.44. The summed E-state index contributed by atoms with van der Waals surface area (Å²) in [6.07, 6.45) is 3.45. The number of carboxylic acids is 1. The van der Waals surface area contributed by atoms with Crippen LogP contribution in [0.25, 0.3) is 10.9 Å². The van der Waals surface area contributed by atoms with Crippen molar-refractivity contribution >= 4 is 32.8 Å². The maximum Gasteiger partial charge on any atom is 0.326 e. The van der Waals surface area contributed by atoms with E-state index < -0.39 is 27.9 Å². The second-order valence-corrected chi connectivity index (χ2v) is 9.95. The molecule has 0 saturated carbocycles. The van der Waals surface area contributed by atoms with Crippen LogP contribution in [0.3, 0.4) is 0 Å². The van der Waals surface area contributed by atoms with Gasteiger partial charge in [0.05, 0.1) is 4.90 Å². The Hall–Kier alpha value is -3.17. The highest BCUT2D eigenvalue weighted by Crippen LogP contribution is 2.24. The monoisotopic (exact) mass is 455 g/mol. The summed E-state index contributed by atoms with van der Waals surface area (Å²) in [6.45, 7) is 2.61. The predicted octanol–water partition coefficient (Wildman–Crippen LogP) is 2.69. The second-order valence-electron chi connectivity index (χ2n) is 8.02. The Morgan fingerprint density at radius 3 is 2.59 bits per heavy atom. The number of hydrogen-bond acceptors (Lipinski definition) is 4. The number of hydrogen-bond donors (Lipinski definition) is 3. The lowest BCUT2D eigenvalue weighted by molar-refractivity contribution is -0.139. The summed E-state index contributed by atoms with van der Waals surface area (Å²) in [5.41, 5.74) is 2.37. The molecule has 1 amide bonds. The van der Waals surface area contributed by atoms with Crippen LogP contribution in [0.1, 0.15) is 34.3 Å². The van der Waals surface area contributed by atoms with E-state index >= 15 is 0 Å². The number of sulfonamides is 1.